The first-order chi connectivity index (χ1) is 20.2. The van der Waals surface area contributed by atoms with E-state index in [-0.39, 0.29) is 23.3 Å². The minimum atomic E-state index is -2.17. The number of carbonyl (C=O) groups is 3. The summed E-state index contributed by atoms with van der Waals surface area (Å²) in [6.07, 6.45) is 1.76. The number of likely N-dealkylation sites (N-methyl/N-ethyl adjacent to an activating group) is 1. The quantitative estimate of drug-likeness (QED) is 0.357. The average molecular weight is 590 g/mol. The fraction of sp³-hybridized carbons (Fsp3) is 0.424. The molecule has 0 saturated carbocycles. The average Bonchev–Trinajstić information content (AvgIpc) is 2.93. The van der Waals surface area contributed by atoms with Gasteiger partial charge in [-0.3, -0.25) is 24.2 Å². The Kier molecular flexibility index (Phi) is 7.75. The minimum Gasteiger partial charge on any atom is -0.508 e. The number of fused-ring (bicyclic) bond motifs is 3. The van der Waals surface area contributed by atoms with E-state index in [9.17, 15) is 29.7 Å². The Morgan fingerprint density at radius 3 is 2.42 bits per heavy atom. The summed E-state index contributed by atoms with van der Waals surface area (Å²) in [5, 5.41) is 33.8. The van der Waals surface area contributed by atoms with Gasteiger partial charge >= 0.3 is 0 Å². The number of amides is 1. The third-order valence-corrected chi connectivity index (χ3v) is 9.33. The fourth-order valence-corrected chi connectivity index (χ4v) is 6.89. The van der Waals surface area contributed by atoms with Gasteiger partial charge in [0.2, 0.25) is 0 Å². The van der Waals surface area contributed by atoms with Gasteiger partial charge in [0.25, 0.3) is 5.91 Å². The van der Waals surface area contributed by atoms with Crippen LogP contribution < -0.4 is 10.5 Å². The van der Waals surface area contributed by atoms with Crippen molar-refractivity contribution < 1.29 is 34.4 Å². The smallest absolute Gasteiger partial charge is 0.255 e. The minimum absolute atomic E-state index is 0.114. The van der Waals surface area contributed by atoms with Crippen molar-refractivity contribution in [3.63, 3.8) is 0 Å². The van der Waals surface area contributed by atoms with Gasteiger partial charge in [-0.25, -0.2) is 0 Å². The van der Waals surface area contributed by atoms with Crippen molar-refractivity contribution >= 4 is 17.5 Å². The molecule has 228 valence electrons. The number of phenolic OH excluding ortho intramolecular Hbond substituents is 1. The summed E-state index contributed by atoms with van der Waals surface area (Å²) in [7, 11) is 6.93. The van der Waals surface area contributed by atoms with E-state index in [2.05, 4.69) is 18.7 Å². The number of nitrogens with zero attached hydrogens (tertiary/aromatic N) is 2. The number of aliphatic hydroxyl groups excluding tert-OH is 1. The fourth-order valence-electron chi connectivity index (χ4n) is 6.89. The lowest BCUT2D eigenvalue weighted by atomic mass is 9.59. The number of aromatic hydroxyl groups is 1. The zero-order chi connectivity index (χ0) is 31.5. The summed E-state index contributed by atoms with van der Waals surface area (Å²) in [6, 6.07) is 8.57. The standard InChI is InChI=1S/C33H39N3O7/c1-16(2)36(5)15-17-7-10-25(43-6)20(11-17)19-8-9-24(37)26-21(19)12-18-13-23-28(35(3)4)30(39)27(32(34)41)31(40)33(23,42)14-22(18)29(26)38/h7-11,14,16,18,23,28,37,40,42H,12-13,15H2,1-6H3,(H2,34,41)/t18-,23-,28-,33+/m0/s1. The molecule has 0 fully saturated rings. The number of rotatable bonds is 7. The molecule has 0 spiro atoms. The van der Waals surface area contributed by atoms with Crippen LogP contribution in [0.4, 0.5) is 0 Å². The Hall–Kier alpha value is -3.99. The number of primary amides is 1. The number of phenols is 1. The van der Waals surface area contributed by atoms with E-state index in [0.29, 0.717) is 30.3 Å². The molecule has 0 heterocycles. The van der Waals surface area contributed by atoms with Crippen molar-refractivity contribution in [1.82, 2.24) is 9.80 Å². The molecule has 3 aliphatic carbocycles. The van der Waals surface area contributed by atoms with Gasteiger partial charge in [-0.05, 0) is 94.7 Å². The van der Waals surface area contributed by atoms with E-state index in [4.69, 9.17) is 10.5 Å². The Labute approximate surface area is 251 Å². The molecule has 43 heavy (non-hydrogen) atoms. The first-order valence-electron chi connectivity index (χ1n) is 14.4. The Bertz CT molecular complexity index is 1590. The number of carbonyl (C=O) groups excluding carboxylic acids is 3. The zero-order valence-electron chi connectivity index (χ0n) is 25.3. The first-order valence-corrected chi connectivity index (χ1v) is 14.4. The van der Waals surface area contributed by atoms with Crippen LogP contribution in [-0.2, 0) is 22.6 Å². The number of ether oxygens (including phenoxy) is 1. The maximum absolute atomic E-state index is 14.1. The first kappa shape index (κ1) is 30.5. The molecule has 1 amide bonds. The highest BCUT2D eigenvalue weighted by Crippen LogP contribution is 2.51. The molecule has 0 aliphatic heterocycles. The number of methoxy groups -OCH3 is 1. The van der Waals surface area contributed by atoms with Gasteiger partial charge in [-0.2, -0.15) is 0 Å². The Balaban J connectivity index is 1.67. The van der Waals surface area contributed by atoms with Crippen molar-refractivity contribution in [2.24, 2.45) is 17.6 Å². The number of hydrogen-bond donors (Lipinski definition) is 4. The molecule has 5 N–H and O–H groups in total. The lowest BCUT2D eigenvalue weighted by Crippen LogP contribution is -2.61. The van der Waals surface area contributed by atoms with E-state index in [1.807, 2.05) is 25.2 Å². The molecule has 5 rings (SSSR count). The summed E-state index contributed by atoms with van der Waals surface area (Å²) in [5.74, 6) is -4.01. The molecule has 0 saturated heterocycles. The van der Waals surface area contributed by atoms with Crippen LogP contribution in [-0.4, -0.2) is 88.5 Å². The lowest BCUT2D eigenvalue weighted by molar-refractivity contribution is -0.133. The summed E-state index contributed by atoms with van der Waals surface area (Å²) in [5.41, 5.74) is 6.16. The van der Waals surface area contributed by atoms with Crippen LogP contribution >= 0.6 is 0 Å². The van der Waals surface area contributed by atoms with Gasteiger partial charge in [-0.1, -0.05) is 12.1 Å². The molecule has 2 aromatic rings. The number of hydrogen-bond acceptors (Lipinski definition) is 9. The van der Waals surface area contributed by atoms with E-state index in [0.717, 1.165) is 16.7 Å². The zero-order valence-corrected chi connectivity index (χ0v) is 25.3. The third-order valence-electron chi connectivity index (χ3n) is 9.33. The number of Topliss-reactive ketones (excluding diaryl/α,β-unsaturated/α-hetero) is 2. The molecule has 10 nitrogen and oxygen atoms in total. The maximum atomic E-state index is 14.1. The Morgan fingerprint density at radius 1 is 1.12 bits per heavy atom. The summed E-state index contributed by atoms with van der Waals surface area (Å²) < 4.78 is 5.72. The topological polar surface area (TPSA) is 154 Å². The third kappa shape index (κ3) is 4.83. The molecule has 3 aliphatic rings. The highest BCUT2D eigenvalue weighted by atomic mass is 16.5. The van der Waals surface area contributed by atoms with Gasteiger partial charge in [-0.15, -0.1) is 0 Å². The van der Waals surface area contributed by atoms with E-state index in [1.54, 1.807) is 32.2 Å². The molecule has 10 heteroatoms. The largest absolute Gasteiger partial charge is 0.508 e. The summed E-state index contributed by atoms with van der Waals surface area (Å²) in [6.45, 7) is 4.94. The van der Waals surface area contributed by atoms with E-state index < -0.39 is 52.3 Å². The maximum Gasteiger partial charge on any atom is 0.255 e. The van der Waals surface area contributed by atoms with Gasteiger partial charge in [0.05, 0.1) is 18.7 Å². The highest BCUT2D eigenvalue weighted by Gasteiger charge is 2.58. The lowest BCUT2D eigenvalue weighted by Gasteiger charge is -2.49. The van der Waals surface area contributed by atoms with Crippen LogP contribution in [0.3, 0.4) is 0 Å². The molecular formula is C33H39N3O7. The van der Waals surface area contributed by atoms with Crippen LogP contribution in [0.2, 0.25) is 0 Å². The molecule has 2 aromatic carbocycles. The van der Waals surface area contributed by atoms with E-state index in [1.165, 1.54) is 12.1 Å². The van der Waals surface area contributed by atoms with E-state index >= 15 is 0 Å². The number of nitrogens with two attached hydrogens (primary N) is 1. The van der Waals surface area contributed by atoms with Crippen molar-refractivity contribution in [3.8, 4) is 22.6 Å². The van der Waals surface area contributed by atoms with Crippen molar-refractivity contribution in [2.75, 3.05) is 28.3 Å². The summed E-state index contributed by atoms with van der Waals surface area (Å²) in [4.78, 5) is 43.4. The van der Waals surface area contributed by atoms with Gasteiger partial charge < -0.3 is 25.8 Å². The van der Waals surface area contributed by atoms with Crippen LogP contribution in [0.15, 0.2) is 53.3 Å². The molecule has 0 aromatic heterocycles. The molecule has 0 radical (unpaired) electrons. The highest BCUT2D eigenvalue weighted by molar-refractivity contribution is 6.22. The number of ketones is 2. The SMILES string of the molecule is COc1ccc(CN(C)C(C)C)cc1-c1ccc(O)c2c1C[C@H]1C[C@H]3[C@H](N(C)C)C(=O)C(C(N)=O)=C(O)[C@@]3(O)C=C1C2=O. The van der Waals surface area contributed by atoms with Gasteiger partial charge in [0.1, 0.15) is 28.4 Å². The molecule has 0 unspecified atom stereocenters. The summed E-state index contributed by atoms with van der Waals surface area (Å²) >= 11 is 0. The van der Waals surface area contributed by atoms with Crippen molar-refractivity contribution in [1.29, 1.82) is 0 Å². The monoisotopic (exact) mass is 589 g/mol. The molecular weight excluding hydrogens is 550 g/mol. The molecule has 0 bridgehead atoms. The van der Waals surface area contributed by atoms with Crippen molar-refractivity contribution in [3.05, 3.63) is 70.0 Å². The predicted molar refractivity (Wildman–Crippen MR) is 161 cm³/mol. The van der Waals surface area contributed by atoms with Gasteiger partial charge in [0, 0.05) is 29.6 Å². The number of allylic oxidation sites excluding steroid dienone is 1. The second-order valence-electron chi connectivity index (χ2n) is 12.4. The van der Waals surface area contributed by atoms with Crippen molar-refractivity contribution in [2.45, 2.75) is 50.9 Å². The number of aliphatic hydroxyl groups is 2. The van der Waals surface area contributed by atoms with Crippen LogP contribution in [0, 0.1) is 11.8 Å². The second kappa shape index (κ2) is 10.9. The second-order valence-corrected chi connectivity index (χ2v) is 12.4. The van der Waals surface area contributed by atoms with Crippen LogP contribution in [0.1, 0.15) is 41.8 Å². The normalized spacial score (nSPS) is 25.1. The van der Waals surface area contributed by atoms with Crippen LogP contribution in [0.5, 0.6) is 11.5 Å². The van der Waals surface area contributed by atoms with Gasteiger partial charge in [0.15, 0.2) is 11.6 Å². The Morgan fingerprint density at radius 2 is 1.81 bits per heavy atom. The van der Waals surface area contributed by atoms with Crippen LogP contribution in [0.25, 0.3) is 11.1 Å². The number of benzene rings is 2. The molecule has 4 atom stereocenters. The predicted octanol–water partition coefficient (Wildman–Crippen LogP) is 2.75.